The Bertz CT molecular complexity index is 662. The van der Waals surface area contributed by atoms with Crippen molar-refractivity contribution in [2.75, 3.05) is 5.32 Å². The van der Waals surface area contributed by atoms with E-state index in [4.69, 9.17) is 0 Å². The van der Waals surface area contributed by atoms with Gasteiger partial charge in [-0.2, -0.15) is 0 Å². The van der Waals surface area contributed by atoms with Gasteiger partial charge in [0.2, 0.25) is 5.91 Å². The average molecular weight is 286 g/mol. The lowest BCUT2D eigenvalue weighted by Crippen LogP contribution is -2.29. The minimum Gasteiger partial charge on any atom is -0.324 e. The maximum atomic E-state index is 12.1. The summed E-state index contributed by atoms with van der Waals surface area (Å²) in [5.41, 5.74) is 3.24. The van der Waals surface area contributed by atoms with Crippen LogP contribution < -0.4 is 10.6 Å². The van der Waals surface area contributed by atoms with Gasteiger partial charge in [-0.15, -0.1) is 11.3 Å². The highest BCUT2D eigenvalue weighted by atomic mass is 32.1. The molecule has 2 aromatic rings. The van der Waals surface area contributed by atoms with Gasteiger partial charge in [0.1, 0.15) is 6.04 Å². The van der Waals surface area contributed by atoms with E-state index in [1.165, 1.54) is 15.3 Å². The van der Waals surface area contributed by atoms with Crippen LogP contribution in [0.4, 0.5) is 5.69 Å². The smallest absolute Gasteiger partial charge is 0.246 e. The minimum absolute atomic E-state index is 0.0302. The number of amides is 1. The Hall–Kier alpha value is -1.65. The van der Waals surface area contributed by atoms with Crippen molar-refractivity contribution in [1.29, 1.82) is 0 Å². The summed E-state index contributed by atoms with van der Waals surface area (Å²) in [5.74, 6) is 0.0302. The monoisotopic (exact) mass is 286 g/mol. The number of hydrogen-bond donors (Lipinski definition) is 2. The van der Waals surface area contributed by atoms with Crippen molar-refractivity contribution in [1.82, 2.24) is 5.32 Å². The van der Waals surface area contributed by atoms with Crippen LogP contribution in [0.1, 0.15) is 39.9 Å². The first-order valence-electron chi connectivity index (χ1n) is 6.79. The second kappa shape index (κ2) is 5.04. The summed E-state index contributed by atoms with van der Waals surface area (Å²) >= 11 is 1.80. The molecule has 3 rings (SSSR count). The Kier molecular flexibility index (Phi) is 3.36. The second-order valence-corrected chi connectivity index (χ2v) is 6.73. The maximum Gasteiger partial charge on any atom is 0.246 e. The predicted octanol–water partition coefficient (Wildman–Crippen LogP) is 3.71. The van der Waals surface area contributed by atoms with Crippen molar-refractivity contribution < 1.29 is 4.79 Å². The Morgan fingerprint density at radius 3 is 2.75 bits per heavy atom. The quantitative estimate of drug-likeness (QED) is 0.903. The molecule has 0 fully saturated rings. The minimum atomic E-state index is -0.263. The number of hydrogen-bond acceptors (Lipinski definition) is 3. The van der Waals surface area contributed by atoms with Gasteiger partial charge < -0.3 is 5.32 Å². The largest absolute Gasteiger partial charge is 0.324 e. The second-order valence-electron chi connectivity index (χ2n) is 5.27. The van der Waals surface area contributed by atoms with E-state index in [1.54, 1.807) is 11.3 Å². The highest BCUT2D eigenvalue weighted by molar-refractivity contribution is 7.12. The third-order valence-electron chi connectivity index (χ3n) is 3.75. The van der Waals surface area contributed by atoms with E-state index in [9.17, 15) is 4.79 Å². The van der Waals surface area contributed by atoms with E-state index in [1.807, 2.05) is 24.3 Å². The molecule has 4 heteroatoms. The van der Waals surface area contributed by atoms with Gasteiger partial charge in [-0.25, -0.2) is 0 Å². The molecule has 0 bridgehead atoms. The Balaban J connectivity index is 1.85. The standard InChI is InChI=1S/C16H18N2OS/c1-9-8-13(11(3)20-9)10(2)17-15-12-6-4-5-7-14(12)18-16(15)19/h4-8,10,15,17H,1-3H3,(H,18,19). The van der Waals surface area contributed by atoms with Crippen molar-refractivity contribution >= 4 is 22.9 Å². The highest BCUT2D eigenvalue weighted by Gasteiger charge is 2.31. The number of thiophene rings is 1. The maximum absolute atomic E-state index is 12.1. The summed E-state index contributed by atoms with van der Waals surface area (Å²) < 4.78 is 0. The number of carbonyl (C=O) groups excluding carboxylic acids is 1. The number of fused-ring (bicyclic) bond motifs is 1. The number of benzene rings is 1. The number of aryl methyl sites for hydroxylation is 2. The van der Waals surface area contributed by atoms with Crippen LogP contribution in [0.2, 0.25) is 0 Å². The number of carbonyl (C=O) groups is 1. The van der Waals surface area contributed by atoms with Crippen LogP contribution in [0.3, 0.4) is 0 Å². The van der Waals surface area contributed by atoms with Crippen LogP contribution in [-0.2, 0) is 4.79 Å². The van der Waals surface area contributed by atoms with Gasteiger partial charge >= 0.3 is 0 Å². The molecule has 0 spiro atoms. The van der Waals surface area contributed by atoms with Crippen LogP contribution in [0.5, 0.6) is 0 Å². The fourth-order valence-corrected chi connectivity index (χ4v) is 3.82. The van der Waals surface area contributed by atoms with Gasteiger partial charge in [-0.05, 0) is 38.5 Å². The van der Waals surface area contributed by atoms with Crippen molar-refractivity contribution in [2.24, 2.45) is 0 Å². The fourth-order valence-electron chi connectivity index (χ4n) is 2.79. The van der Waals surface area contributed by atoms with Crippen LogP contribution in [0, 0.1) is 13.8 Å². The topological polar surface area (TPSA) is 41.1 Å². The third-order valence-corrected chi connectivity index (χ3v) is 4.74. The molecule has 1 aliphatic rings. The molecule has 0 saturated carbocycles. The molecule has 1 aliphatic heterocycles. The molecule has 0 saturated heterocycles. The zero-order valence-corrected chi connectivity index (χ0v) is 12.7. The van der Waals surface area contributed by atoms with E-state index in [-0.39, 0.29) is 18.0 Å². The normalized spacial score (nSPS) is 18.8. The third kappa shape index (κ3) is 2.25. The zero-order valence-electron chi connectivity index (χ0n) is 11.9. The first-order chi connectivity index (χ1) is 9.56. The van der Waals surface area contributed by atoms with E-state index >= 15 is 0 Å². The molecule has 3 nitrogen and oxygen atoms in total. The lowest BCUT2D eigenvalue weighted by Gasteiger charge is -2.18. The van der Waals surface area contributed by atoms with Gasteiger partial charge in [-0.1, -0.05) is 18.2 Å². The summed E-state index contributed by atoms with van der Waals surface area (Å²) in [5, 5.41) is 6.38. The molecule has 2 N–H and O–H groups in total. The van der Waals surface area contributed by atoms with Gasteiger partial charge in [0, 0.05) is 27.0 Å². The molecule has 2 unspecified atom stereocenters. The molecule has 1 aromatic carbocycles. The van der Waals surface area contributed by atoms with Crippen molar-refractivity contribution in [2.45, 2.75) is 32.9 Å². The van der Waals surface area contributed by atoms with Crippen LogP contribution in [-0.4, -0.2) is 5.91 Å². The summed E-state index contributed by atoms with van der Waals surface area (Å²) in [6.45, 7) is 6.36. The molecule has 1 amide bonds. The van der Waals surface area contributed by atoms with Crippen molar-refractivity contribution in [3.8, 4) is 0 Å². The molecule has 2 heterocycles. The molecule has 104 valence electrons. The zero-order chi connectivity index (χ0) is 14.3. The molecule has 0 radical (unpaired) electrons. The van der Waals surface area contributed by atoms with Gasteiger partial charge in [0.15, 0.2) is 0 Å². The average Bonchev–Trinajstić information content (AvgIpc) is 2.90. The number of rotatable bonds is 3. The fraction of sp³-hybridized carbons (Fsp3) is 0.312. The van der Waals surface area contributed by atoms with Crippen LogP contribution in [0.15, 0.2) is 30.3 Å². The Labute approximate surface area is 123 Å². The highest BCUT2D eigenvalue weighted by Crippen LogP contribution is 2.33. The van der Waals surface area contributed by atoms with E-state index < -0.39 is 0 Å². The summed E-state index contributed by atoms with van der Waals surface area (Å²) in [6.07, 6.45) is 0. The number of para-hydroxylation sites is 1. The van der Waals surface area contributed by atoms with Crippen LogP contribution in [0.25, 0.3) is 0 Å². The molecular formula is C16H18N2OS. The van der Waals surface area contributed by atoms with Crippen molar-refractivity contribution in [3.05, 3.63) is 51.2 Å². The van der Waals surface area contributed by atoms with Gasteiger partial charge in [0.05, 0.1) is 0 Å². The SMILES string of the molecule is Cc1cc(C(C)NC2C(=O)Nc3ccccc32)c(C)s1. The van der Waals surface area contributed by atoms with Gasteiger partial charge in [0.25, 0.3) is 0 Å². The Morgan fingerprint density at radius 2 is 2.05 bits per heavy atom. The lowest BCUT2D eigenvalue weighted by atomic mass is 10.0. The molecule has 20 heavy (non-hydrogen) atoms. The van der Waals surface area contributed by atoms with E-state index in [0.717, 1.165) is 11.3 Å². The van der Waals surface area contributed by atoms with Crippen LogP contribution >= 0.6 is 11.3 Å². The first-order valence-corrected chi connectivity index (χ1v) is 7.60. The number of nitrogens with one attached hydrogen (secondary N) is 2. The van der Waals surface area contributed by atoms with Crippen molar-refractivity contribution in [3.63, 3.8) is 0 Å². The van der Waals surface area contributed by atoms with E-state index in [0.29, 0.717) is 0 Å². The molecule has 2 atom stereocenters. The molecule has 1 aromatic heterocycles. The number of anilines is 1. The molecular weight excluding hydrogens is 268 g/mol. The summed E-state index contributed by atoms with van der Waals surface area (Å²) in [4.78, 5) is 14.7. The molecule has 0 aliphatic carbocycles. The summed E-state index contributed by atoms with van der Waals surface area (Å²) in [6, 6.07) is 9.96. The predicted molar refractivity (Wildman–Crippen MR) is 83.2 cm³/mol. The van der Waals surface area contributed by atoms with E-state index in [2.05, 4.69) is 37.5 Å². The Morgan fingerprint density at radius 1 is 1.30 bits per heavy atom. The summed E-state index contributed by atoms with van der Waals surface area (Å²) in [7, 11) is 0. The lowest BCUT2D eigenvalue weighted by molar-refractivity contribution is -0.117. The first kappa shape index (κ1) is 13.3. The van der Waals surface area contributed by atoms with Gasteiger partial charge in [-0.3, -0.25) is 10.1 Å².